The Kier molecular flexibility index (Phi) is 5.48. The summed E-state index contributed by atoms with van der Waals surface area (Å²) in [5.74, 6) is -0.983. The number of hydrogen-bond acceptors (Lipinski definition) is 4. The first-order valence-electron chi connectivity index (χ1n) is 9.82. The number of oxazole rings is 1. The van der Waals surface area contributed by atoms with E-state index in [0.717, 1.165) is 12.0 Å². The molecule has 1 heterocycles. The first-order chi connectivity index (χ1) is 14.5. The number of carboxylic acid groups (broad SMARTS) is 1. The van der Waals surface area contributed by atoms with Gasteiger partial charge < -0.3 is 14.8 Å². The Morgan fingerprint density at radius 1 is 1.20 bits per heavy atom. The monoisotopic (exact) mass is 402 g/mol. The number of benzene rings is 1. The highest BCUT2D eigenvalue weighted by molar-refractivity contribution is 5.93. The zero-order valence-corrected chi connectivity index (χ0v) is 16.5. The molecule has 6 nitrogen and oxygen atoms in total. The first kappa shape index (κ1) is 19.6. The Morgan fingerprint density at radius 2 is 2.03 bits per heavy atom. The lowest BCUT2D eigenvalue weighted by atomic mass is 9.74. The van der Waals surface area contributed by atoms with Gasteiger partial charge in [0.05, 0.1) is 0 Å². The number of fused-ring (bicyclic) bond motifs is 1. The molecule has 1 amide bonds. The predicted molar refractivity (Wildman–Crippen MR) is 113 cm³/mol. The van der Waals surface area contributed by atoms with Gasteiger partial charge in [0.1, 0.15) is 5.76 Å². The van der Waals surface area contributed by atoms with E-state index in [1.165, 1.54) is 5.57 Å². The summed E-state index contributed by atoms with van der Waals surface area (Å²) in [6.45, 7) is 1.93. The van der Waals surface area contributed by atoms with Crippen molar-refractivity contribution in [2.45, 2.75) is 13.3 Å². The van der Waals surface area contributed by atoms with Crippen molar-refractivity contribution in [2.24, 2.45) is 17.8 Å². The summed E-state index contributed by atoms with van der Waals surface area (Å²) in [6.07, 6.45) is 15.8. The Hall–Kier alpha value is -3.67. The topological polar surface area (TPSA) is 92.4 Å². The smallest absolute Gasteiger partial charge is 0.358 e. The molecule has 152 valence electrons. The second kappa shape index (κ2) is 8.37. The molecular weight excluding hydrogens is 380 g/mol. The molecule has 0 spiro atoms. The third-order valence-electron chi connectivity index (χ3n) is 5.60. The Bertz CT molecular complexity index is 1090. The standard InChI is InChI=1S/C24H22N2O4/c1-15(18-11-6-9-16-7-2-4-10-19(16)18)23(27)26-20-12-5-3-8-17(20)13-21-22(24(28)29)25-14-30-21/h2-12,14-15,18-19H,13H2,1H3,(H,26,27)(H,28,29). The van der Waals surface area contributed by atoms with Gasteiger partial charge in [-0.25, -0.2) is 9.78 Å². The van der Waals surface area contributed by atoms with E-state index in [1.54, 1.807) is 0 Å². The highest BCUT2D eigenvalue weighted by Crippen LogP contribution is 2.36. The summed E-state index contributed by atoms with van der Waals surface area (Å²) in [7, 11) is 0. The van der Waals surface area contributed by atoms with Crippen LogP contribution in [0.15, 0.2) is 83.2 Å². The maximum Gasteiger partial charge on any atom is 0.358 e. The van der Waals surface area contributed by atoms with Crippen LogP contribution < -0.4 is 5.32 Å². The second-order valence-electron chi connectivity index (χ2n) is 7.44. The van der Waals surface area contributed by atoms with Gasteiger partial charge in [-0.3, -0.25) is 4.79 Å². The Morgan fingerprint density at radius 3 is 2.87 bits per heavy atom. The molecule has 2 aliphatic rings. The van der Waals surface area contributed by atoms with E-state index in [4.69, 9.17) is 4.42 Å². The lowest BCUT2D eigenvalue weighted by molar-refractivity contribution is -0.120. The third-order valence-corrected chi connectivity index (χ3v) is 5.60. The van der Waals surface area contributed by atoms with Crippen LogP contribution in [0.1, 0.15) is 28.7 Å². The van der Waals surface area contributed by atoms with E-state index < -0.39 is 5.97 Å². The number of hydrogen-bond donors (Lipinski definition) is 2. The van der Waals surface area contributed by atoms with Crippen molar-refractivity contribution in [2.75, 3.05) is 5.32 Å². The van der Waals surface area contributed by atoms with E-state index in [1.807, 2.05) is 49.4 Å². The Balaban J connectivity index is 1.51. The van der Waals surface area contributed by atoms with Crippen LogP contribution in [0.4, 0.5) is 5.69 Å². The van der Waals surface area contributed by atoms with Gasteiger partial charge in [0, 0.05) is 23.9 Å². The van der Waals surface area contributed by atoms with Crippen LogP contribution >= 0.6 is 0 Å². The summed E-state index contributed by atoms with van der Waals surface area (Å²) in [4.78, 5) is 28.1. The van der Waals surface area contributed by atoms with Crippen molar-refractivity contribution in [1.29, 1.82) is 0 Å². The maximum absolute atomic E-state index is 13.1. The van der Waals surface area contributed by atoms with E-state index >= 15 is 0 Å². The number of carbonyl (C=O) groups is 2. The fraction of sp³-hybridized carbons (Fsp3) is 0.208. The normalized spacial score (nSPS) is 20.4. The molecule has 2 aliphatic carbocycles. The molecule has 30 heavy (non-hydrogen) atoms. The lowest BCUT2D eigenvalue weighted by Crippen LogP contribution is -2.32. The molecule has 6 heteroatoms. The van der Waals surface area contributed by atoms with Gasteiger partial charge in [-0.1, -0.05) is 67.7 Å². The van der Waals surface area contributed by atoms with E-state index in [-0.39, 0.29) is 41.5 Å². The molecule has 3 unspecified atom stereocenters. The summed E-state index contributed by atoms with van der Waals surface area (Å²) >= 11 is 0. The van der Waals surface area contributed by atoms with Crippen molar-refractivity contribution in [3.8, 4) is 0 Å². The van der Waals surface area contributed by atoms with E-state index in [0.29, 0.717) is 5.69 Å². The number of carbonyl (C=O) groups excluding carboxylic acids is 1. The number of amides is 1. The number of aromatic nitrogens is 1. The number of anilines is 1. The van der Waals surface area contributed by atoms with Crippen molar-refractivity contribution in [3.05, 3.63) is 95.8 Å². The van der Waals surface area contributed by atoms with Gasteiger partial charge in [-0.05, 0) is 23.1 Å². The third kappa shape index (κ3) is 3.89. The highest BCUT2D eigenvalue weighted by atomic mass is 16.4. The number of nitrogens with one attached hydrogen (secondary N) is 1. The number of carboxylic acids is 1. The van der Waals surface area contributed by atoms with Crippen LogP contribution in [0.2, 0.25) is 0 Å². The average Bonchev–Trinajstić information content (AvgIpc) is 3.22. The molecule has 2 N–H and O–H groups in total. The highest BCUT2D eigenvalue weighted by Gasteiger charge is 2.31. The molecule has 0 bridgehead atoms. The van der Waals surface area contributed by atoms with E-state index in [2.05, 4.69) is 34.6 Å². The van der Waals surface area contributed by atoms with Gasteiger partial charge in [0.2, 0.25) is 5.91 Å². The summed E-state index contributed by atoms with van der Waals surface area (Å²) < 4.78 is 5.26. The number of para-hydroxylation sites is 1. The molecule has 2 aromatic rings. The van der Waals surface area contributed by atoms with Crippen molar-refractivity contribution in [1.82, 2.24) is 4.98 Å². The van der Waals surface area contributed by atoms with Gasteiger partial charge in [0.15, 0.2) is 12.1 Å². The van der Waals surface area contributed by atoms with Crippen LogP contribution in [0.25, 0.3) is 0 Å². The van der Waals surface area contributed by atoms with Gasteiger partial charge in [-0.2, -0.15) is 0 Å². The number of nitrogens with zero attached hydrogens (tertiary/aromatic N) is 1. The zero-order valence-electron chi connectivity index (χ0n) is 16.5. The molecule has 0 aliphatic heterocycles. The van der Waals surface area contributed by atoms with Gasteiger partial charge >= 0.3 is 5.97 Å². The SMILES string of the molecule is CC(C(=O)Nc1ccccc1Cc1ocnc1C(=O)O)C1C=CC=C2C=CC=CC21. The number of rotatable bonds is 6. The molecule has 0 radical (unpaired) electrons. The van der Waals surface area contributed by atoms with Gasteiger partial charge in [-0.15, -0.1) is 0 Å². The molecule has 0 saturated heterocycles. The summed E-state index contributed by atoms with van der Waals surface area (Å²) in [5.41, 5.74) is 2.49. The fourth-order valence-corrected chi connectivity index (χ4v) is 3.94. The van der Waals surface area contributed by atoms with Crippen LogP contribution in [-0.4, -0.2) is 22.0 Å². The molecule has 0 fully saturated rings. The molecule has 3 atom stereocenters. The van der Waals surface area contributed by atoms with Crippen molar-refractivity contribution >= 4 is 17.6 Å². The minimum Gasteiger partial charge on any atom is -0.476 e. The van der Waals surface area contributed by atoms with Crippen LogP contribution in [0.3, 0.4) is 0 Å². The maximum atomic E-state index is 13.1. The molecular formula is C24H22N2O4. The van der Waals surface area contributed by atoms with Crippen molar-refractivity contribution in [3.63, 3.8) is 0 Å². The minimum absolute atomic E-state index is 0.0613. The fourth-order valence-electron chi connectivity index (χ4n) is 3.94. The average molecular weight is 402 g/mol. The summed E-state index contributed by atoms with van der Waals surface area (Å²) in [5, 5.41) is 12.3. The Labute approximate surface area is 174 Å². The number of aromatic carboxylic acids is 1. The molecule has 1 aromatic carbocycles. The second-order valence-corrected chi connectivity index (χ2v) is 7.44. The molecule has 0 saturated carbocycles. The van der Waals surface area contributed by atoms with Crippen LogP contribution in [0, 0.1) is 17.8 Å². The predicted octanol–water partition coefficient (Wildman–Crippen LogP) is 4.39. The van der Waals surface area contributed by atoms with Gasteiger partial charge in [0.25, 0.3) is 0 Å². The quantitative estimate of drug-likeness (QED) is 0.747. The molecule has 4 rings (SSSR count). The zero-order chi connectivity index (χ0) is 21.1. The number of allylic oxidation sites excluding steroid dienone is 8. The molecule has 1 aromatic heterocycles. The first-order valence-corrected chi connectivity index (χ1v) is 9.82. The van der Waals surface area contributed by atoms with Crippen molar-refractivity contribution < 1.29 is 19.1 Å². The summed E-state index contributed by atoms with van der Waals surface area (Å²) in [6, 6.07) is 7.32. The minimum atomic E-state index is -1.14. The van der Waals surface area contributed by atoms with Crippen LogP contribution in [-0.2, 0) is 11.2 Å². The largest absolute Gasteiger partial charge is 0.476 e. The lowest BCUT2D eigenvalue weighted by Gasteiger charge is -2.31. The van der Waals surface area contributed by atoms with E-state index in [9.17, 15) is 14.7 Å². The van der Waals surface area contributed by atoms with Crippen LogP contribution in [0.5, 0.6) is 0 Å².